The fourth-order valence-corrected chi connectivity index (χ4v) is 5.81. The van der Waals surface area contributed by atoms with E-state index in [1.807, 2.05) is 12.1 Å². The van der Waals surface area contributed by atoms with E-state index in [9.17, 15) is 10.0 Å². The Labute approximate surface area is 138 Å². The first-order chi connectivity index (χ1) is 11.1. The van der Waals surface area contributed by atoms with Crippen molar-refractivity contribution in [1.82, 2.24) is 0 Å². The van der Waals surface area contributed by atoms with Crippen molar-refractivity contribution in [1.29, 1.82) is 0 Å². The molecule has 0 aliphatic heterocycles. The fraction of sp³-hybridized carbons (Fsp3) is 0.667. The highest BCUT2D eigenvalue weighted by Crippen LogP contribution is 2.61. The molecule has 4 aliphatic rings. The standard InChI is InChI=1S/C18H25BO4/c1-22-11-23-17-3-2-15(19(20)21)7-16(17)18-8-12-4-13(9-18)6-14(5-12)10-18/h2-3,7,12-14,20-21H,4-6,8-11H2,1H3. The molecule has 1 aromatic rings. The van der Waals surface area contributed by atoms with E-state index in [4.69, 9.17) is 9.47 Å². The van der Waals surface area contributed by atoms with Crippen molar-refractivity contribution in [2.75, 3.05) is 13.9 Å². The average Bonchev–Trinajstić information content (AvgIpc) is 2.51. The lowest BCUT2D eigenvalue weighted by atomic mass is 9.47. The quantitative estimate of drug-likeness (QED) is 0.643. The molecule has 4 bridgehead atoms. The van der Waals surface area contributed by atoms with Crippen LogP contribution in [0.3, 0.4) is 0 Å². The van der Waals surface area contributed by atoms with Crippen molar-refractivity contribution in [3.8, 4) is 5.75 Å². The molecule has 124 valence electrons. The smallest absolute Gasteiger partial charge is 0.467 e. The minimum atomic E-state index is -1.43. The Morgan fingerprint density at radius 2 is 1.70 bits per heavy atom. The maximum atomic E-state index is 9.59. The van der Waals surface area contributed by atoms with E-state index in [1.165, 1.54) is 44.1 Å². The minimum Gasteiger partial charge on any atom is -0.467 e. The number of ether oxygens (including phenoxy) is 2. The van der Waals surface area contributed by atoms with Gasteiger partial charge in [0.05, 0.1) is 0 Å². The molecule has 0 saturated heterocycles. The van der Waals surface area contributed by atoms with Gasteiger partial charge < -0.3 is 19.5 Å². The summed E-state index contributed by atoms with van der Waals surface area (Å²) < 4.78 is 10.9. The SMILES string of the molecule is COCOc1ccc(B(O)O)cc1C12CC3CC(CC(C3)C1)C2. The summed E-state index contributed by atoms with van der Waals surface area (Å²) in [6.45, 7) is 0.223. The second kappa shape index (κ2) is 5.80. The van der Waals surface area contributed by atoms with Crippen molar-refractivity contribution in [2.24, 2.45) is 17.8 Å². The van der Waals surface area contributed by atoms with E-state index in [2.05, 4.69) is 0 Å². The molecular formula is C18H25BO4. The minimum absolute atomic E-state index is 0.155. The molecule has 0 spiro atoms. The molecule has 0 amide bonds. The number of hydrogen-bond acceptors (Lipinski definition) is 4. The Morgan fingerprint density at radius 1 is 1.09 bits per heavy atom. The molecule has 4 fully saturated rings. The molecule has 2 N–H and O–H groups in total. The lowest BCUT2D eigenvalue weighted by molar-refractivity contribution is -0.00878. The van der Waals surface area contributed by atoms with Crippen molar-refractivity contribution in [2.45, 2.75) is 43.9 Å². The van der Waals surface area contributed by atoms with Crippen LogP contribution in [0, 0.1) is 17.8 Å². The van der Waals surface area contributed by atoms with Crippen molar-refractivity contribution >= 4 is 12.6 Å². The molecule has 0 heterocycles. The number of methoxy groups -OCH3 is 1. The van der Waals surface area contributed by atoms with Gasteiger partial charge in [0.1, 0.15) is 5.75 Å². The summed E-state index contributed by atoms with van der Waals surface area (Å²) in [6.07, 6.45) is 7.80. The highest BCUT2D eigenvalue weighted by molar-refractivity contribution is 6.58. The summed E-state index contributed by atoms with van der Waals surface area (Å²) in [7, 11) is 0.190. The van der Waals surface area contributed by atoms with Crippen molar-refractivity contribution in [3.63, 3.8) is 0 Å². The Kier molecular flexibility index (Phi) is 3.90. The van der Waals surface area contributed by atoms with Gasteiger partial charge in [-0.15, -0.1) is 0 Å². The molecule has 0 atom stereocenters. The van der Waals surface area contributed by atoms with Gasteiger partial charge in [0.2, 0.25) is 0 Å². The predicted molar refractivity (Wildman–Crippen MR) is 88.6 cm³/mol. The zero-order valence-electron chi connectivity index (χ0n) is 13.7. The second-order valence-electron chi connectivity index (χ2n) is 7.88. The molecule has 1 aromatic carbocycles. The maximum absolute atomic E-state index is 9.59. The van der Waals surface area contributed by atoms with Gasteiger partial charge in [0.15, 0.2) is 6.79 Å². The molecule has 0 aromatic heterocycles. The third kappa shape index (κ3) is 2.69. The van der Waals surface area contributed by atoms with Gasteiger partial charge in [-0.25, -0.2) is 0 Å². The maximum Gasteiger partial charge on any atom is 0.488 e. The zero-order chi connectivity index (χ0) is 16.0. The van der Waals surface area contributed by atoms with Crippen molar-refractivity contribution in [3.05, 3.63) is 23.8 Å². The summed E-state index contributed by atoms with van der Waals surface area (Å²) in [6, 6.07) is 5.57. The van der Waals surface area contributed by atoms with Gasteiger partial charge in [0.25, 0.3) is 0 Å². The van der Waals surface area contributed by atoms with E-state index in [0.717, 1.165) is 23.5 Å². The molecule has 4 saturated carbocycles. The summed E-state index contributed by atoms with van der Waals surface area (Å²) >= 11 is 0. The topological polar surface area (TPSA) is 58.9 Å². The van der Waals surface area contributed by atoms with Gasteiger partial charge in [-0.3, -0.25) is 0 Å². The number of rotatable bonds is 5. The molecular weight excluding hydrogens is 291 g/mol. The normalized spacial score (nSPS) is 34.7. The van der Waals surface area contributed by atoms with Crippen LogP contribution in [0.5, 0.6) is 5.75 Å². The van der Waals surface area contributed by atoms with Crippen molar-refractivity contribution < 1.29 is 19.5 Å². The lowest BCUT2D eigenvalue weighted by Crippen LogP contribution is -2.49. The molecule has 0 unspecified atom stereocenters. The van der Waals surface area contributed by atoms with Crippen LogP contribution in [-0.2, 0) is 10.2 Å². The van der Waals surface area contributed by atoms with E-state index < -0.39 is 7.12 Å². The fourth-order valence-electron chi connectivity index (χ4n) is 5.81. The summed E-state index contributed by atoms with van der Waals surface area (Å²) in [4.78, 5) is 0. The lowest BCUT2D eigenvalue weighted by Gasteiger charge is -2.57. The summed E-state index contributed by atoms with van der Waals surface area (Å²) in [5.74, 6) is 3.34. The summed E-state index contributed by atoms with van der Waals surface area (Å²) in [5, 5.41) is 19.2. The van der Waals surface area contributed by atoms with Gasteiger partial charge in [-0.05, 0) is 73.2 Å². The average molecular weight is 316 g/mol. The van der Waals surface area contributed by atoms with Crippen LogP contribution in [0.25, 0.3) is 0 Å². The Hall–Kier alpha value is -1.04. The van der Waals surface area contributed by atoms with Crippen LogP contribution in [0.4, 0.5) is 0 Å². The Bertz CT molecular complexity index is 551. The van der Waals surface area contributed by atoms with Gasteiger partial charge in [-0.2, -0.15) is 0 Å². The Balaban J connectivity index is 1.75. The molecule has 5 heteroatoms. The third-order valence-corrected chi connectivity index (χ3v) is 6.24. The molecule has 23 heavy (non-hydrogen) atoms. The largest absolute Gasteiger partial charge is 0.488 e. The first-order valence-corrected chi connectivity index (χ1v) is 8.72. The van der Waals surface area contributed by atoms with Crippen LogP contribution in [0.15, 0.2) is 18.2 Å². The van der Waals surface area contributed by atoms with Crippen LogP contribution in [0.2, 0.25) is 0 Å². The van der Waals surface area contributed by atoms with Crippen LogP contribution in [-0.4, -0.2) is 31.1 Å². The summed E-state index contributed by atoms with van der Waals surface area (Å²) in [5.41, 5.74) is 1.88. The highest BCUT2D eigenvalue weighted by Gasteiger charge is 2.52. The van der Waals surface area contributed by atoms with Crippen LogP contribution < -0.4 is 10.2 Å². The number of hydrogen-bond donors (Lipinski definition) is 2. The Morgan fingerprint density at radius 3 is 2.22 bits per heavy atom. The third-order valence-electron chi connectivity index (χ3n) is 6.24. The van der Waals surface area contributed by atoms with Crippen LogP contribution >= 0.6 is 0 Å². The molecule has 5 rings (SSSR count). The molecule has 0 radical (unpaired) electrons. The first kappa shape index (κ1) is 15.5. The molecule has 4 aliphatic carbocycles. The van der Waals surface area contributed by atoms with E-state index >= 15 is 0 Å². The van der Waals surface area contributed by atoms with E-state index in [-0.39, 0.29) is 12.2 Å². The van der Waals surface area contributed by atoms with Crippen LogP contribution in [0.1, 0.15) is 44.1 Å². The monoisotopic (exact) mass is 316 g/mol. The number of benzene rings is 1. The highest BCUT2D eigenvalue weighted by atomic mass is 16.7. The van der Waals surface area contributed by atoms with E-state index in [0.29, 0.717) is 5.46 Å². The zero-order valence-corrected chi connectivity index (χ0v) is 13.7. The first-order valence-electron chi connectivity index (χ1n) is 8.72. The molecule has 4 nitrogen and oxygen atoms in total. The predicted octanol–water partition coefficient (Wildman–Crippen LogP) is 1.82. The van der Waals surface area contributed by atoms with E-state index in [1.54, 1.807) is 13.2 Å². The van der Waals surface area contributed by atoms with Gasteiger partial charge in [0, 0.05) is 12.7 Å². The van der Waals surface area contributed by atoms with Gasteiger partial charge in [-0.1, -0.05) is 12.1 Å². The second-order valence-corrected chi connectivity index (χ2v) is 7.88. The van der Waals surface area contributed by atoms with Gasteiger partial charge >= 0.3 is 7.12 Å².